The van der Waals surface area contributed by atoms with Gasteiger partial charge in [0.05, 0.1) is 13.7 Å². The Balaban J connectivity index is 1.83. The summed E-state index contributed by atoms with van der Waals surface area (Å²) in [7, 11) is 1.60. The molecule has 0 saturated carbocycles. The molecule has 1 heterocycles. The normalized spacial score (nSPS) is 10.9. The number of hydrogen-bond donors (Lipinski definition) is 1. The number of aromatic nitrogens is 1. The monoisotopic (exact) mass is 446 g/mol. The molecule has 4 rings (SSSR count). The number of benzene rings is 3. The number of pyridine rings is 1. The van der Waals surface area contributed by atoms with Crippen LogP contribution < -0.4 is 15.2 Å². The number of nitrogens with zero attached hydrogens (tertiary/aromatic N) is 1. The number of carbonyl (C=O) groups is 1. The largest absolute Gasteiger partial charge is 0.497 e. The number of anilines is 1. The zero-order valence-corrected chi connectivity index (χ0v) is 18.9. The van der Waals surface area contributed by atoms with E-state index in [0.717, 1.165) is 22.2 Å². The van der Waals surface area contributed by atoms with Crippen molar-refractivity contribution < 1.29 is 9.53 Å². The van der Waals surface area contributed by atoms with E-state index in [-0.39, 0.29) is 18.0 Å². The van der Waals surface area contributed by atoms with Crippen LogP contribution in [-0.2, 0) is 6.54 Å². The predicted molar refractivity (Wildman–Crippen MR) is 129 cm³/mol. The van der Waals surface area contributed by atoms with E-state index in [9.17, 15) is 9.59 Å². The third-order valence-electron chi connectivity index (χ3n) is 5.43. The number of carbonyl (C=O) groups excluding carboxylic acids is 1. The molecule has 0 unspecified atom stereocenters. The Hall–Kier alpha value is -3.57. The molecule has 0 saturated heterocycles. The highest BCUT2D eigenvalue weighted by molar-refractivity contribution is 6.31. The Morgan fingerprint density at radius 2 is 1.84 bits per heavy atom. The maximum atomic E-state index is 13.6. The van der Waals surface area contributed by atoms with Crippen LogP contribution in [0.4, 0.5) is 5.69 Å². The molecule has 1 N–H and O–H groups in total. The smallest absolute Gasteiger partial charge is 0.258 e. The summed E-state index contributed by atoms with van der Waals surface area (Å²) < 4.78 is 5.31. The molecule has 0 fully saturated rings. The molecule has 0 atom stereocenters. The van der Waals surface area contributed by atoms with Crippen molar-refractivity contribution in [1.82, 2.24) is 4.98 Å². The van der Waals surface area contributed by atoms with Crippen molar-refractivity contribution in [3.63, 3.8) is 0 Å². The van der Waals surface area contributed by atoms with Crippen molar-refractivity contribution in [2.75, 3.05) is 12.0 Å². The summed E-state index contributed by atoms with van der Waals surface area (Å²) in [6, 6.07) is 20.0. The molecule has 0 aliphatic rings. The van der Waals surface area contributed by atoms with Crippen molar-refractivity contribution in [2.45, 2.75) is 20.4 Å². The second-order valence-electron chi connectivity index (χ2n) is 7.77. The lowest BCUT2D eigenvalue weighted by atomic mass is 10.1. The van der Waals surface area contributed by atoms with Crippen LogP contribution in [0.15, 0.2) is 71.5 Å². The van der Waals surface area contributed by atoms with Gasteiger partial charge in [-0.3, -0.25) is 9.59 Å². The topological polar surface area (TPSA) is 62.4 Å². The Morgan fingerprint density at radius 1 is 1.03 bits per heavy atom. The minimum Gasteiger partial charge on any atom is -0.497 e. The fourth-order valence-electron chi connectivity index (χ4n) is 3.70. The van der Waals surface area contributed by atoms with Crippen LogP contribution in [0, 0.1) is 13.8 Å². The first-order chi connectivity index (χ1) is 15.4. The third-order valence-corrected chi connectivity index (χ3v) is 5.66. The molecular weight excluding hydrogens is 424 g/mol. The van der Waals surface area contributed by atoms with Crippen LogP contribution in [0.5, 0.6) is 5.75 Å². The average molecular weight is 447 g/mol. The second kappa shape index (κ2) is 8.89. The molecule has 0 aliphatic carbocycles. The maximum Gasteiger partial charge on any atom is 0.258 e. The van der Waals surface area contributed by atoms with Gasteiger partial charge >= 0.3 is 0 Å². The molecule has 32 heavy (non-hydrogen) atoms. The van der Waals surface area contributed by atoms with Crippen LogP contribution in [0.2, 0.25) is 5.02 Å². The van der Waals surface area contributed by atoms with E-state index < -0.39 is 0 Å². The highest BCUT2D eigenvalue weighted by atomic mass is 35.5. The molecule has 6 heteroatoms. The van der Waals surface area contributed by atoms with Crippen LogP contribution >= 0.6 is 11.6 Å². The standard InChI is InChI=1S/C26H23ClN2O3/c1-16-7-8-17(2)24(11-16)29(26(31)18-5-4-6-21(27)13-18)15-20-12-19-14-22(32-3)9-10-23(19)28-25(20)30/h4-14H,15H2,1-3H3,(H,28,30). The second-order valence-corrected chi connectivity index (χ2v) is 8.20. The number of methoxy groups -OCH3 is 1. The molecule has 4 aromatic rings. The minimum atomic E-state index is -0.239. The molecule has 162 valence electrons. The first-order valence-electron chi connectivity index (χ1n) is 10.2. The van der Waals surface area contributed by atoms with Gasteiger partial charge in [-0.2, -0.15) is 0 Å². The van der Waals surface area contributed by atoms with Gasteiger partial charge in [0.25, 0.3) is 11.5 Å². The van der Waals surface area contributed by atoms with E-state index in [2.05, 4.69) is 4.98 Å². The molecule has 0 radical (unpaired) electrons. The van der Waals surface area contributed by atoms with Gasteiger partial charge in [-0.1, -0.05) is 29.8 Å². The van der Waals surface area contributed by atoms with Gasteiger partial charge in [0.2, 0.25) is 0 Å². The van der Waals surface area contributed by atoms with Crippen molar-refractivity contribution in [3.8, 4) is 5.75 Å². The first kappa shape index (κ1) is 21.7. The Bertz CT molecular complexity index is 1380. The zero-order valence-electron chi connectivity index (χ0n) is 18.1. The lowest BCUT2D eigenvalue weighted by Crippen LogP contribution is -2.33. The van der Waals surface area contributed by atoms with Crippen molar-refractivity contribution in [3.05, 3.63) is 104 Å². The number of hydrogen-bond acceptors (Lipinski definition) is 3. The Kier molecular flexibility index (Phi) is 6.01. The van der Waals surface area contributed by atoms with Gasteiger partial charge in [0.1, 0.15) is 5.75 Å². The van der Waals surface area contributed by atoms with E-state index in [4.69, 9.17) is 16.3 Å². The highest BCUT2D eigenvalue weighted by Gasteiger charge is 2.22. The van der Waals surface area contributed by atoms with Gasteiger partial charge in [-0.15, -0.1) is 0 Å². The lowest BCUT2D eigenvalue weighted by Gasteiger charge is -2.25. The predicted octanol–water partition coefficient (Wildman–Crippen LogP) is 5.65. The number of aryl methyl sites for hydroxylation is 2. The summed E-state index contributed by atoms with van der Waals surface area (Å²) in [4.78, 5) is 31.0. The quantitative estimate of drug-likeness (QED) is 0.430. The summed E-state index contributed by atoms with van der Waals surface area (Å²) in [6.45, 7) is 4.03. The summed E-state index contributed by atoms with van der Waals surface area (Å²) in [5.74, 6) is 0.461. The molecule has 0 bridgehead atoms. The van der Waals surface area contributed by atoms with E-state index >= 15 is 0 Å². The summed E-state index contributed by atoms with van der Waals surface area (Å²) in [5, 5.41) is 1.31. The average Bonchev–Trinajstić information content (AvgIpc) is 2.78. The number of H-pyrrole nitrogens is 1. The van der Waals surface area contributed by atoms with Gasteiger partial charge in [0.15, 0.2) is 0 Å². The van der Waals surface area contributed by atoms with Crippen LogP contribution in [-0.4, -0.2) is 18.0 Å². The number of fused-ring (bicyclic) bond motifs is 1. The van der Waals surface area contributed by atoms with E-state index in [1.165, 1.54) is 0 Å². The molecule has 0 aliphatic heterocycles. The first-order valence-corrected chi connectivity index (χ1v) is 10.6. The highest BCUT2D eigenvalue weighted by Crippen LogP contribution is 2.27. The van der Waals surface area contributed by atoms with Crippen LogP contribution in [0.3, 0.4) is 0 Å². The number of aromatic amines is 1. The number of ether oxygens (including phenoxy) is 1. The summed E-state index contributed by atoms with van der Waals surface area (Å²) in [5.41, 5.74) is 4.10. The molecule has 0 spiro atoms. The Labute approximate surface area is 191 Å². The van der Waals surface area contributed by atoms with Gasteiger partial charge in [-0.05, 0) is 73.5 Å². The summed E-state index contributed by atoms with van der Waals surface area (Å²) in [6.07, 6.45) is 0. The van der Waals surface area contributed by atoms with Crippen molar-refractivity contribution in [2.24, 2.45) is 0 Å². The van der Waals surface area contributed by atoms with Crippen LogP contribution in [0.1, 0.15) is 27.0 Å². The van der Waals surface area contributed by atoms with E-state index in [1.54, 1.807) is 54.5 Å². The number of halogens is 1. The lowest BCUT2D eigenvalue weighted by molar-refractivity contribution is 0.0985. The van der Waals surface area contributed by atoms with Crippen LogP contribution in [0.25, 0.3) is 10.9 Å². The van der Waals surface area contributed by atoms with Gasteiger partial charge in [0, 0.05) is 32.7 Å². The van der Waals surface area contributed by atoms with E-state index in [1.807, 2.05) is 38.1 Å². The SMILES string of the molecule is COc1ccc2[nH]c(=O)c(CN(C(=O)c3cccc(Cl)c3)c3cc(C)ccc3C)cc2c1. The number of amides is 1. The fraction of sp³-hybridized carbons (Fsp3) is 0.154. The molecule has 3 aromatic carbocycles. The van der Waals surface area contributed by atoms with Gasteiger partial charge in [-0.25, -0.2) is 0 Å². The van der Waals surface area contributed by atoms with Crippen molar-refractivity contribution in [1.29, 1.82) is 0 Å². The maximum absolute atomic E-state index is 13.6. The molecule has 1 amide bonds. The third kappa shape index (κ3) is 4.39. The minimum absolute atomic E-state index is 0.109. The Morgan fingerprint density at radius 3 is 2.59 bits per heavy atom. The van der Waals surface area contributed by atoms with E-state index in [0.29, 0.717) is 27.4 Å². The fourth-order valence-corrected chi connectivity index (χ4v) is 3.89. The van der Waals surface area contributed by atoms with Gasteiger partial charge < -0.3 is 14.6 Å². The summed E-state index contributed by atoms with van der Waals surface area (Å²) >= 11 is 6.14. The van der Waals surface area contributed by atoms with Crippen molar-refractivity contribution >= 4 is 34.1 Å². The zero-order chi connectivity index (χ0) is 22.8. The number of rotatable bonds is 5. The number of nitrogens with one attached hydrogen (secondary N) is 1. The molecule has 1 aromatic heterocycles. The molecule has 5 nitrogen and oxygen atoms in total. The molecular formula is C26H23ClN2O3.